The number of hydrogen-bond donors (Lipinski definition) is 2. The van der Waals surface area contributed by atoms with Crippen LogP contribution in [-0.2, 0) is 12.4 Å². The molecule has 1 atom stereocenters. The maximum Gasteiger partial charge on any atom is 0.418 e. The molecule has 1 aromatic heterocycles. The van der Waals surface area contributed by atoms with Crippen LogP contribution >= 0.6 is 0 Å². The number of carbonyl (C=O) groups is 1. The van der Waals surface area contributed by atoms with Crippen molar-refractivity contribution in [3.05, 3.63) is 95.3 Å². The van der Waals surface area contributed by atoms with Gasteiger partial charge in [-0.05, 0) is 42.0 Å². The number of nitrogens with zero attached hydrogens (tertiary/aromatic N) is 1. The first-order chi connectivity index (χ1) is 14.6. The van der Waals surface area contributed by atoms with Crippen molar-refractivity contribution in [2.45, 2.75) is 18.4 Å². The van der Waals surface area contributed by atoms with Gasteiger partial charge in [0.25, 0.3) is 0 Å². The van der Waals surface area contributed by atoms with E-state index in [1.807, 2.05) is 0 Å². The minimum Gasteiger partial charge on any atom is -0.325 e. The molecule has 0 bridgehead atoms. The Hall–Kier alpha value is -3.56. The van der Waals surface area contributed by atoms with Crippen molar-refractivity contribution in [3.8, 4) is 0 Å². The van der Waals surface area contributed by atoms with E-state index in [0.29, 0.717) is 5.69 Å². The van der Waals surface area contributed by atoms with Gasteiger partial charge in [-0.1, -0.05) is 30.3 Å². The molecule has 0 saturated carbocycles. The lowest BCUT2D eigenvalue weighted by atomic mass is 9.98. The summed E-state index contributed by atoms with van der Waals surface area (Å²) in [5, 5.41) is 4.84. The SMILES string of the molecule is O=C(Nc1ccccc1)NC(c1ccc(C(F)(F)F)cc1)c1ncccc1C(F)(F)F. The number of halogens is 6. The molecule has 0 aliphatic carbocycles. The Bertz CT molecular complexity index is 1030. The molecular weight excluding hydrogens is 424 g/mol. The van der Waals surface area contributed by atoms with Crippen molar-refractivity contribution >= 4 is 11.7 Å². The number of para-hydroxylation sites is 1. The molecule has 0 fully saturated rings. The Morgan fingerprint density at radius 2 is 1.45 bits per heavy atom. The van der Waals surface area contributed by atoms with Crippen LogP contribution in [0.3, 0.4) is 0 Å². The van der Waals surface area contributed by atoms with E-state index >= 15 is 0 Å². The van der Waals surface area contributed by atoms with E-state index in [-0.39, 0.29) is 5.56 Å². The van der Waals surface area contributed by atoms with Crippen molar-refractivity contribution in [2.24, 2.45) is 0 Å². The van der Waals surface area contributed by atoms with Gasteiger partial charge in [-0.3, -0.25) is 4.98 Å². The summed E-state index contributed by atoms with van der Waals surface area (Å²) in [5.41, 5.74) is -2.25. The summed E-state index contributed by atoms with van der Waals surface area (Å²) in [4.78, 5) is 16.2. The van der Waals surface area contributed by atoms with Crippen LogP contribution in [-0.4, -0.2) is 11.0 Å². The highest BCUT2D eigenvalue weighted by molar-refractivity contribution is 5.89. The van der Waals surface area contributed by atoms with E-state index < -0.39 is 41.2 Å². The largest absolute Gasteiger partial charge is 0.418 e. The number of benzene rings is 2. The van der Waals surface area contributed by atoms with Crippen molar-refractivity contribution < 1.29 is 31.1 Å². The molecule has 0 radical (unpaired) electrons. The topological polar surface area (TPSA) is 54.0 Å². The van der Waals surface area contributed by atoms with Gasteiger partial charge in [0.1, 0.15) is 0 Å². The molecule has 2 N–H and O–H groups in total. The van der Waals surface area contributed by atoms with E-state index in [2.05, 4.69) is 15.6 Å². The Morgan fingerprint density at radius 3 is 2.03 bits per heavy atom. The van der Waals surface area contributed by atoms with E-state index in [1.165, 1.54) is 0 Å². The summed E-state index contributed by atoms with van der Waals surface area (Å²) in [6.45, 7) is 0. The minimum absolute atomic E-state index is 0.000381. The van der Waals surface area contributed by atoms with Gasteiger partial charge in [0.2, 0.25) is 0 Å². The number of hydrogen-bond acceptors (Lipinski definition) is 2. The molecule has 2 aromatic carbocycles. The quantitative estimate of drug-likeness (QED) is 0.488. The molecule has 162 valence electrons. The minimum atomic E-state index is -4.79. The first kappa shape index (κ1) is 22.1. The van der Waals surface area contributed by atoms with Gasteiger partial charge in [0, 0.05) is 11.9 Å². The van der Waals surface area contributed by atoms with Gasteiger partial charge in [0.15, 0.2) is 0 Å². The molecule has 10 heteroatoms. The second kappa shape index (κ2) is 8.66. The third kappa shape index (κ3) is 5.53. The Balaban J connectivity index is 2.00. The number of alkyl halides is 6. The fourth-order valence-electron chi connectivity index (χ4n) is 2.88. The summed E-state index contributed by atoms with van der Waals surface area (Å²) >= 11 is 0. The molecular formula is C21H15F6N3O. The van der Waals surface area contributed by atoms with Crippen LogP contribution < -0.4 is 10.6 Å². The lowest BCUT2D eigenvalue weighted by molar-refractivity contribution is -0.139. The number of carbonyl (C=O) groups excluding carboxylic acids is 1. The third-order valence-corrected chi connectivity index (χ3v) is 4.30. The zero-order valence-corrected chi connectivity index (χ0v) is 15.6. The summed E-state index contributed by atoms with van der Waals surface area (Å²) < 4.78 is 79.2. The van der Waals surface area contributed by atoms with E-state index in [0.717, 1.165) is 42.6 Å². The number of rotatable bonds is 4. The Kier molecular flexibility index (Phi) is 6.19. The summed E-state index contributed by atoms with van der Waals surface area (Å²) in [6, 6.07) is 11.2. The van der Waals surface area contributed by atoms with Gasteiger partial charge in [-0.2, -0.15) is 26.3 Å². The number of pyridine rings is 1. The smallest absolute Gasteiger partial charge is 0.325 e. The molecule has 0 saturated heterocycles. The standard InChI is InChI=1S/C21H15F6N3O/c22-20(23,24)14-10-8-13(9-11-14)17(18-16(21(25,26)27)7-4-12-28-18)30-19(31)29-15-5-2-1-3-6-15/h1-12,17H,(H2,29,30,31). The second-order valence-corrected chi connectivity index (χ2v) is 6.45. The molecule has 31 heavy (non-hydrogen) atoms. The highest BCUT2D eigenvalue weighted by Crippen LogP contribution is 2.36. The summed E-state index contributed by atoms with van der Waals surface area (Å²) in [6.07, 6.45) is -8.29. The molecule has 0 aliphatic heterocycles. The summed E-state index contributed by atoms with van der Waals surface area (Å²) in [5.74, 6) is 0. The monoisotopic (exact) mass is 439 g/mol. The van der Waals surface area contributed by atoms with Crippen LogP contribution in [0.1, 0.15) is 28.4 Å². The van der Waals surface area contributed by atoms with Crippen LogP contribution in [0.15, 0.2) is 72.9 Å². The molecule has 0 aliphatic rings. The molecule has 3 rings (SSSR count). The highest BCUT2D eigenvalue weighted by Gasteiger charge is 2.37. The van der Waals surface area contributed by atoms with Crippen LogP contribution in [0.2, 0.25) is 0 Å². The number of urea groups is 1. The lowest BCUT2D eigenvalue weighted by Gasteiger charge is -2.23. The lowest BCUT2D eigenvalue weighted by Crippen LogP contribution is -2.35. The Labute approximate surface area is 172 Å². The predicted molar refractivity (Wildman–Crippen MR) is 101 cm³/mol. The number of anilines is 1. The van der Waals surface area contributed by atoms with Gasteiger partial charge in [0.05, 0.1) is 22.9 Å². The average molecular weight is 439 g/mol. The first-order valence-corrected chi connectivity index (χ1v) is 8.87. The van der Waals surface area contributed by atoms with Crippen LogP contribution in [0.25, 0.3) is 0 Å². The van der Waals surface area contributed by atoms with Crippen molar-refractivity contribution in [1.82, 2.24) is 10.3 Å². The number of nitrogens with one attached hydrogen (secondary N) is 2. The predicted octanol–water partition coefficient (Wildman–Crippen LogP) is 6.03. The second-order valence-electron chi connectivity index (χ2n) is 6.45. The van der Waals surface area contributed by atoms with Crippen molar-refractivity contribution in [1.29, 1.82) is 0 Å². The van der Waals surface area contributed by atoms with Gasteiger partial charge in [-0.25, -0.2) is 4.79 Å². The normalized spacial score (nSPS) is 12.8. The summed E-state index contributed by atoms with van der Waals surface area (Å²) in [7, 11) is 0. The maximum absolute atomic E-state index is 13.5. The van der Waals surface area contributed by atoms with Gasteiger partial charge in [-0.15, -0.1) is 0 Å². The average Bonchev–Trinajstić information content (AvgIpc) is 2.72. The molecule has 1 heterocycles. The molecule has 0 spiro atoms. The van der Waals surface area contributed by atoms with Gasteiger partial charge >= 0.3 is 18.4 Å². The van der Waals surface area contributed by atoms with Crippen molar-refractivity contribution in [3.63, 3.8) is 0 Å². The molecule has 1 unspecified atom stereocenters. The molecule has 3 aromatic rings. The fourth-order valence-corrected chi connectivity index (χ4v) is 2.88. The fraction of sp³-hybridized carbons (Fsp3) is 0.143. The number of aromatic nitrogens is 1. The third-order valence-electron chi connectivity index (χ3n) is 4.30. The van der Waals surface area contributed by atoms with Crippen LogP contribution in [0, 0.1) is 0 Å². The van der Waals surface area contributed by atoms with Crippen LogP contribution in [0.5, 0.6) is 0 Å². The van der Waals surface area contributed by atoms with Gasteiger partial charge < -0.3 is 10.6 Å². The first-order valence-electron chi connectivity index (χ1n) is 8.87. The molecule has 4 nitrogen and oxygen atoms in total. The van der Waals surface area contributed by atoms with E-state index in [4.69, 9.17) is 0 Å². The van der Waals surface area contributed by atoms with E-state index in [9.17, 15) is 31.1 Å². The molecule has 2 amide bonds. The van der Waals surface area contributed by atoms with E-state index in [1.54, 1.807) is 30.3 Å². The zero-order chi connectivity index (χ0) is 22.6. The van der Waals surface area contributed by atoms with Crippen molar-refractivity contribution in [2.75, 3.05) is 5.32 Å². The van der Waals surface area contributed by atoms with Crippen LogP contribution in [0.4, 0.5) is 36.8 Å². The zero-order valence-electron chi connectivity index (χ0n) is 15.6. The number of amides is 2. The Morgan fingerprint density at radius 1 is 0.806 bits per heavy atom. The highest BCUT2D eigenvalue weighted by atomic mass is 19.4. The maximum atomic E-state index is 13.5.